The summed E-state index contributed by atoms with van der Waals surface area (Å²) in [5.41, 5.74) is 0.884. The number of benzene rings is 3. The highest BCUT2D eigenvalue weighted by molar-refractivity contribution is 7.92. The molecular weight excluding hydrogens is 585 g/mol. The Balaban J connectivity index is 2.07. The summed E-state index contributed by atoms with van der Waals surface area (Å²) in [4.78, 5) is 28.8. The maximum Gasteiger partial charge on any atom is 0.264 e. The molecule has 1 atom stereocenters. The number of halogens is 2. The number of methoxy groups -OCH3 is 1. The quantitative estimate of drug-likeness (QED) is 0.262. The van der Waals surface area contributed by atoms with Crippen LogP contribution in [0.2, 0.25) is 10.0 Å². The molecule has 3 aromatic carbocycles. The van der Waals surface area contributed by atoms with E-state index >= 15 is 0 Å². The number of sulfonamides is 1. The Hall–Kier alpha value is -3.27. The first-order valence-electron chi connectivity index (χ1n) is 13.2. The van der Waals surface area contributed by atoms with Crippen LogP contribution in [-0.2, 0) is 26.2 Å². The average Bonchev–Trinajstić information content (AvgIpc) is 2.96. The van der Waals surface area contributed by atoms with Crippen LogP contribution in [0.25, 0.3) is 0 Å². The van der Waals surface area contributed by atoms with Gasteiger partial charge >= 0.3 is 0 Å². The molecular formula is C30H35Cl2N3O5S. The van der Waals surface area contributed by atoms with E-state index in [1.54, 1.807) is 43.5 Å². The first-order valence-corrected chi connectivity index (χ1v) is 15.4. The summed E-state index contributed by atoms with van der Waals surface area (Å²) < 4.78 is 34.1. The molecule has 0 bridgehead atoms. The molecule has 0 aliphatic heterocycles. The second-order valence-electron chi connectivity index (χ2n) is 9.86. The third kappa shape index (κ3) is 8.38. The first kappa shape index (κ1) is 32.2. The molecule has 0 saturated carbocycles. The molecule has 0 aromatic heterocycles. The minimum absolute atomic E-state index is 0.0000591. The van der Waals surface area contributed by atoms with Gasteiger partial charge in [-0.25, -0.2) is 8.42 Å². The van der Waals surface area contributed by atoms with E-state index in [0.717, 1.165) is 9.87 Å². The zero-order valence-corrected chi connectivity index (χ0v) is 25.8. The van der Waals surface area contributed by atoms with Crippen LogP contribution in [0.4, 0.5) is 5.69 Å². The zero-order valence-electron chi connectivity index (χ0n) is 23.5. The fraction of sp³-hybridized carbons (Fsp3) is 0.333. The third-order valence-electron chi connectivity index (χ3n) is 6.36. The monoisotopic (exact) mass is 619 g/mol. The standard InChI is InChI=1S/C30H35Cl2N3O5S/c1-5-28(30(37)33-18-21(2)3)34(19-22-10-9-11-24(16-22)40-4)29(36)20-35(23-14-15-26(31)27(32)17-23)41(38,39)25-12-7-6-8-13-25/h6-17,21,28H,5,18-20H2,1-4H3,(H,33,37)/t28-/m1/s1. The number of anilines is 1. The van der Waals surface area contributed by atoms with Crippen molar-refractivity contribution in [3.63, 3.8) is 0 Å². The molecule has 11 heteroatoms. The number of rotatable bonds is 13. The smallest absolute Gasteiger partial charge is 0.264 e. The van der Waals surface area contributed by atoms with Crippen LogP contribution in [0.1, 0.15) is 32.8 Å². The molecule has 2 amide bonds. The summed E-state index contributed by atoms with van der Waals surface area (Å²) in [7, 11) is -2.66. The highest BCUT2D eigenvalue weighted by Gasteiger charge is 2.34. The van der Waals surface area contributed by atoms with Crippen molar-refractivity contribution in [1.29, 1.82) is 0 Å². The number of carbonyl (C=O) groups is 2. The largest absolute Gasteiger partial charge is 0.497 e. The number of carbonyl (C=O) groups excluding carboxylic acids is 2. The van der Waals surface area contributed by atoms with E-state index < -0.39 is 28.5 Å². The summed E-state index contributed by atoms with van der Waals surface area (Å²) in [6.45, 7) is 5.68. The third-order valence-corrected chi connectivity index (χ3v) is 8.89. The van der Waals surface area contributed by atoms with Gasteiger partial charge in [-0.15, -0.1) is 0 Å². The maximum absolute atomic E-state index is 14.1. The Kier molecular flexibility index (Phi) is 11.5. The lowest BCUT2D eigenvalue weighted by Crippen LogP contribution is -2.52. The second-order valence-corrected chi connectivity index (χ2v) is 12.5. The first-order chi connectivity index (χ1) is 19.5. The number of nitrogens with one attached hydrogen (secondary N) is 1. The maximum atomic E-state index is 14.1. The van der Waals surface area contributed by atoms with Crippen molar-refractivity contribution >= 4 is 50.7 Å². The Morgan fingerprint density at radius 2 is 1.66 bits per heavy atom. The van der Waals surface area contributed by atoms with Gasteiger partial charge < -0.3 is 15.0 Å². The molecule has 220 valence electrons. The van der Waals surface area contributed by atoms with Crippen LogP contribution in [0.3, 0.4) is 0 Å². The molecule has 1 N–H and O–H groups in total. The number of hydrogen-bond donors (Lipinski definition) is 1. The normalized spacial score (nSPS) is 12.1. The van der Waals surface area contributed by atoms with Crippen LogP contribution < -0.4 is 14.4 Å². The van der Waals surface area contributed by atoms with E-state index in [0.29, 0.717) is 18.7 Å². The number of amides is 2. The van der Waals surface area contributed by atoms with Gasteiger partial charge in [0, 0.05) is 13.1 Å². The highest BCUT2D eigenvalue weighted by Crippen LogP contribution is 2.31. The van der Waals surface area contributed by atoms with Gasteiger partial charge in [0.05, 0.1) is 27.7 Å². The van der Waals surface area contributed by atoms with E-state index in [-0.39, 0.29) is 39.0 Å². The Morgan fingerprint density at radius 1 is 0.951 bits per heavy atom. The van der Waals surface area contributed by atoms with E-state index in [9.17, 15) is 18.0 Å². The molecule has 0 saturated heterocycles. The molecule has 8 nitrogen and oxygen atoms in total. The van der Waals surface area contributed by atoms with Crippen molar-refractivity contribution in [3.8, 4) is 5.75 Å². The second kappa shape index (κ2) is 14.6. The van der Waals surface area contributed by atoms with E-state index in [1.165, 1.54) is 35.2 Å². The lowest BCUT2D eigenvalue weighted by atomic mass is 10.1. The fourth-order valence-corrected chi connectivity index (χ4v) is 5.92. The summed E-state index contributed by atoms with van der Waals surface area (Å²) in [6, 6.07) is 18.5. The number of hydrogen-bond acceptors (Lipinski definition) is 5. The summed E-state index contributed by atoms with van der Waals surface area (Å²) >= 11 is 12.4. The molecule has 0 aliphatic rings. The molecule has 0 heterocycles. The predicted molar refractivity (Wildman–Crippen MR) is 163 cm³/mol. The SMILES string of the molecule is CC[C@H](C(=O)NCC(C)C)N(Cc1cccc(OC)c1)C(=O)CN(c1ccc(Cl)c(Cl)c1)S(=O)(=O)c1ccccc1. The average molecular weight is 621 g/mol. The topological polar surface area (TPSA) is 96.0 Å². The molecule has 0 spiro atoms. The fourth-order valence-electron chi connectivity index (χ4n) is 4.20. The van der Waals surface area contributed by atoms with Gasteiger partial charge in [-0.3, -0.25) is 13.9 Å². The van der Waals surface area contributed by atoms with Gasteiger partial charge in [0.2, 0.25) is 11.8 Å². The molecule has 3 aromatic rings. The molecule has 41 heavy (non-hydrogen) atoms. The van der Waals surface area contributed by atoms with Crippen LogP contribution in [0, 0.1) is 5.92 Å². The molecule has 0 aliphatic carbocycles. The molecule has 0 radical (unpaired) electrons. The van der Waals surface area contributed by atoms with Gasteiger partial charge in [0.25, 0.3) is 10.0 Å². The van der Waals surface area contributed by atoms with Crippen molar-refractivity contribution in [2.24, 2.45) is 5.92 Å². The number of nitrogens with zero attached hydrogens (tertiary/aromatic N) is 2. The van der Waals surface area contributed by atoms with Crippen molar-refractivity contribution in [2.45, 2.75) is 44.7 Å². The lowest BCUT2D eigenvalue weighted by molar-refractivity contribution is -0.140. The van der Waals surface area contributed by atoms with Gasteiger partial charge in [-0.1, -0.05) is 74.3 Å². The van der Waals surface area contributed by atoms with Crippen molar-refractivity contribution in [2.75, 3.05) is 24.5 Å². The Bertz CT molecular complexity index is 1450. The van der Waals surface area contributed by atoms with Gasteiger partial charge in [-0.2, -0.15) is 0 Å². The zero-order chi connectivity index (χ0) is 30.2. The number of ether oxygens (including phenoxy) is 1. The summed E-state index contributed by atoms with van der Waals surface area (Å²) in [5, 5.41) is 3.29. The van der Waals surface area contributed by atoms with Crippen molar-refractivity contribution in [3.05, 3.63) is 88.4 Å². The Morgan fingerprint density at radius 3 is 2.27 bits per heavy atom. The van der Waals surface area contributed by atoms with Crippen molar-refractivity contribution < 1.29 is 22.7 Å². The van der Waals surface area contributed by atoms with Crippen molar-refractivity contribution in [1.82, 2.24) is 10.2 Å². The molecule has 0 unspecified atom stereocenters. The minimum atomic E-state index is -4.21. The minimum Gasteiger partial charge on any atom is -0.497 e. The molecule has 0 fully saturated rings. The summed E-state index contributed by atoms with van der Waals surface area (Å²) in [5.74, 6) is -0.0779. The van der Waals surface area contributed by atoms with Gasteiger partial charge in [0.15, 0.2) is 0 Å². The predicted octanol–water partition coefficient (Wildman–Crippen LogP) is 5.78. The van der Waals surface area contributed by atoms with Crippen LogP contribution in [-0.4, -0.2) is 51.4 Å². The Labute approximate surface area is 252 Å². The molecule has 3 rings (SSSR count). The van der Waals surface area contributed by atoms with Crippen LogP contribution >= 0.6 is 23.2 Å². The van der Waals surface area contributed by atoms with E-state index in [1.807, 2.05) is 26.8 Å². The van der Waals surface area contributed by atoms with E-state index in [4.69, 9.17) is 27.9 Å². The van der Waals surface area contributed by atoms with Crippen LogP contribution in [0.5, 0.6) is 5.75 Å². The highest BCUT2D eigenvalue weighted by atomic mass is 35.5. The summed E-state index contributed by atoms with van der Waals surface area (Å²) in [6.07, 6.45) is 0.317. The lowest BCUT2D eigenvalue weighted by Gasteiger charge is -2.33. The van der Waals surface area contributed by atoms with Crippen LogP contribution in [0.15, 0.2) is 77.7 Å². The van der Waals surface area contributed by atoms with E-state index in [2.05, 4.69) is 5.32 Å². The van der Waals surface area contributed by atoms with Gasteiger partial charge in [0.1, 0.15) is 18.3 Å². The van der Waals surface area contributed by atoms with Gasteiger partial charge in [-0.05, 0) is 60.4 Å².